The lowest BCUT2D eigenvalue weighted by Crippen LogP contribution is -2.44. The smallest absolute Gasteiger partial charge is 0.0678 e. The van der Waals surface area contributed by atoms with E-state index in [0.29, 0.717) is 12.2 Å². The molecule has 0 amide bonds. The van der Waals surface area contributed by atoms with Crippen LogP contribution in [0.1, 0.15) is 19.4 Å². The first-order valence-electron chi connectivity index (χ1n) is 5.76. The Balaban J connectivity index is 2.02. The van der Waals surface area contributed by atoms with Gasteiger partial charge in [0.25, 0.3) is 0 Å². The molecule has 0 aliphatic carbocycles. The fourth-order valence-electron chi connectivity index (χ4n) is 2.28. The summed E-state index contributed by atoms with van der Waals surface area (Å²) in [5.74, 6) is 0. The largest absolute Gasteiger partial charge is 0.373 e. The lowest BCUT2D eigenvalue weighted by atomic mass is 10.1. The standard InChI is InChI=1S/C13H18BrNO/c1-10-7-15(8-11(2)16-10)9-12-5-3-4-6-13(12)14/h3-6,10-11H,7-9H2,1-2H3/t10-,11-/m1/s1. The molecule has 1 saturated heterocycles. The summed E-state index contributed by atoms with van der Waals surface area (Å²) in [5, 5.41) is 0. The van der Waals surface area contributed by atoms with Crippen LogP contribution < -0.4 is 0 Å². The van der Waals surface area contributed by atoms with Gasteiger partial charge in [-0.3, -0.25) is 4.90 Å². The average Bonchev–Trinajstić information content (AvgIpc) is 2.20. The summed E-state index contributed by atoms with van der Waals surface area (Å²) in [6.45, 7) is 7.32. The van der Waals surface area contributed by atoms with Gasteiger partial charge in [-0.15, -0.1) is 0 Å². The van der Waals surface area contributed by atoms with Crippen molar-refractivity contribution in [2.24, 2.45) is 0 Å². The third-order valence-electron chi connectivity index (χ3n) is 2.85. The van der Waals surface area contributed by atoms with Crippen LogP contribution in [0.4, 0.5) is 0 Å². The van der Waals surface area contributed by atoms with Crippen LogP contribution in [0.3, 0.4) is 0 Å². The van der Waals surface area contributed by atoms with Gasteiger partial charge in [-0.1, -0.05) is 34.1 Å². The maximum Gasteiger partial charge on any atom is 0.0678 e. The summed E-state index contributed by atoms with van der Waals surface area (Å²) < 4.78 is 6.93. The van der Waals surface area contributed by atoms with Crippen LogP contribution in [0.25, 0.3) is 0 Å². The van der Waals surface area contributed by atoms with Crippen molar-refractivity contribution < 1.29 is 4.74 Å². The zero-order chi connectivity index (χ0) is 11.5. The quantitative estimate of drug-likeness (QED) is 0.827. The Morgan fingerprint density at radius 3 is 2.50 bits per heavy atom. The zero-order valence-electron chi connectivity index (χ0n) is 9.82. The monoisotopic (exact) mass is 283 g/mol. The molecule has 16 heavy (non-hydrogen) atoms. The number of halogens is 1. The van der Waals surface area contributed by atoms with Crippen LogP contribution in [0.5, 0.6) is 0 Å². The molecular weight excluding hydrogens is 266 g/mol. The van der Waals surface area contributed by atoms with Crippen molar-refractivity contribution in [3.8, 4) is 0 Å². The summed E-state index contributed by atoms with van der Waals surface area (Å²) in [4.78, 5) is 2.46. The number of hydrogen-bond acceptors (Lipinski definition) is 2. The second kappa shape index (κ2) is 5.30. The van der Waals surface area contributed by atoms with Crippen LogP contribution in [0.2, 0.25) is 0 Å². The predicted molar refractivity (Wildman–Crippen MR) is 69.4 cm³/mol. The molecule has 0 radical (unpaired) electrons. The zero-order valence-corrected chi connectivity index (χ0v) is 11.4. The van der Waals surface area contributed by atoms with Gasteiger partial charge in [-0.05, 0) is 25.5 Å². The van der Waals surface area contributed by atoms with E-state index < -0.39 is 0 Å². The topological polar surface area (TPSA) is 12.5 Å². The van der Waals surface area contributed by atoms with E-state index in [-0.39, 0.29) is 0 Å². The number of rotatable bonds is 2. The molecule has 88 valence electrons. The molecule has 1 fully saturated rings. The van der Waals surface area contributed by atoms with Crippen LogP contribution in [0, 0.1) is 0 Å². The van der Waals surface area contributed by atoms with E-state index in [4.69, 9.17) is 4.74 Å². The first-order chi connectivity index (χ1) is 7.65. The van der Waals surface area contributed by atoms with Crippen LogP contribution in [-0.2, 0) is 11.3 Å². The Labute approximate surface area is 106 Å². The molecule has 0 saturated carbocycles. The van der Waals surface area contributed by atoms with E-state index in [1.807, 2.05) is 0 Å². The lowest BCUT2D eigenvalue weighted by molar-refractivity contribution is -0.0705. The molecule has 1 heterocycles. The van der Waals surface area contributed by atoms with Gasteiger partial charge in [0.1, 0.15) is 0 Å². The minimum absolute atomic E-state index is 0.339. The van der Waals surface area contributed by atoms with Gasteiger partial charge in [0.05, 0.1) is 12.2 Å². The molecule has 3 heteroatoms. The van der Waals surface area contributed by atoms with E-state index in [1.54, 1.807) is 0 Å². The maximum absolute atomic E-state index is 5.73. The highest BCUT2D eigenvalue weighted by Crippen LogP contribution is 2.20. The second-order valence-electron chi connectivity index (χ2n) is 4.54. The van der Waals surface area contributed by atoms with Gasteiger partial charge >= 0.3 is 0 Å². The molecule has 0 spiro atoms. The van der Waals surface area contributed by atoms with Gasteiger partial charge in [0, 0.05) is 24.1 Å². The molecule has 0 bridgehead atoms. The van der Waals surface area contributed by atoms with Crippen molar-refractivity contribution in [1.82, 2.24) is 4.90 Å². The van der Waals surface area contributed by atoms with Crippen LogP contribution in [-0.4, -0.2) is 30.2 Å². The Morgan fingerprint density at radius 2 is 1.88 bits per heavy atom. The second-order valence-corrected chi connectivity index (χ2v) is 5.40. The van der Waals surface area contributed by atoms with Gasteiger partial charge in [-0.25, -0.2) is 0 Å². The average molecular weight is 284 g/mol. The Bertz CT molecular complexity index is 346. The van der Waals surface area contributed by atoms with Crippen molar-refractivity contribution >= 4 is 15.9 Å². The third-order valence-corrected chi connectivity index (χ3v) is 3.62. The first kappa shape index (κ1) is 12.1. The Hall–Kier alpha value is -0.380. The molecule has 1 aliphatic heterocycles. The number of ether oxygens (including phenoxy) is 1. The van der Waals surface area contributed by atoms with Crippen molar-refractivity contribution in [2.75, 3.05) is 13.1 Å². The molecule has 0 N–H and O–H groups in total. The molecule has 2 nitrogen and oxygen atoms in total. The highest BCUT2D eigenvalue weighted by molar-refractivity contribution is 9.10. The highest BCUT2D eigenvalue weighted by atomic mass is 79.9. The van der Waals surface area contributed by atoms with E-state index in [0.717, 1.165) is 19.6 Å². The molecule has 0 unspecified atom stereocenters. The van der Waals surface area contributed by atoms with E-state index in [9.17, 15) is 0 Å². The van der Waals surface area contributed by atoms with E-state index in [1.165, 1.54) is 10.0 Å². The van der Waals surface area contributed by atoms with Crippen LogP contribution in [0.15, 0.2) is 28.7 Å². The summed E-state index contributed by atoms with van der Waals surface area (Å²) in [6, 6.07) is 8.42. The van der Waals surface area contributed by atoms with Crippen LogP contribution >= 0.6 is 15.9 Å². The molecule has 2 atom stereocenters. The molecule has 0 aromatic heterocycles. The van der Waals surface area contributed by atoms with Crippen molar-refractivity contribution in [3.05, 3.63) is 34.3 Å². The van der Waals surface area contributed by atoms with E-state index in [2.05, 4.69) is 58.9 Å². The molecule has 1 aromatic rings. The number of nitrogens with zero attached hydrogens (tertiary/aromatic N) is 1. The van der Waals surface area contributed by atoms with Gasteiger partial charge in [0.2, 0.25) is 0 Å². The van der Waals surface area contributed by atoms with Crippen molar-refractivity contribution in [1.29, 1.82) is 0 Å². The summed E-state index contributed by atoms with van der Waals surface area (Å²) in [5.41, 5.74) is 1.35. The number of benzene rings is 1. The minimum Gasteiger partial charge on any atom is -0.373 e. The number of hydrogen-bond donors (Lipinski definition) is 0. The Morgan fingerprint density at radius 1 is 1.25 bits per heavy atom. The molecular formula is C13H18BrNO. The summed E-state index contributed by atoms with van der Waals surface area (Å²) in [7, 11) is 0. The van der Waals surface area contributed by atoms with E-state index >= 15 is 0 Å². The van der Waals surface area contributed by atoms with Crippen molar-refractivity contribution in [2.45, 2.75) is 32.6 Å². The van der Waals surface area contributed by atoms with Crippen molar-refractivity contribution in [3.63, 3.8) is 0 Å². The molecule has 1 aliphatic rings. The fraction of sp³-hybridized carbons (Fsp3) is 0.538. The molecule has 2 rings (SSSR count). The van der Waals surface area contributed by atoms with Gasteiger partial charge in [0.15, 0.2) is 0 Å². The SMILES string of the molecule is C[C@@H]1CN(Cc2ccccc2Br)C[C@@H](C)O1. The lowest BCUT2D eigenvalue weighted by Gasteiger charge is -2.35. The normalized spacial score (nSPS) is 26.9. The minimum atomic E-state index is 0.339. The first-order valence-corrected chi connectivity index (χ1v) is 6.55. The third kappa shape index (κ3) is 3.06. The maximum atomic E-state index is 5.73. The van der Waals surface area contributed by atoms with Gasteiger partial charge < -0.3 is 4.74 Å². The summed E-state index contributed by atoms with van der Waals surface area (Å²) >= 11 is 3.60. The Kier molecular flexibility index (Phi) is 4.00. The number of morpholine rings is 1. The molecule has 1 aromatic carbocycles. The van der Waals surface area contributed by atoms with Gasteiger partial charge in [-0.2, -0.15) is 0 Å². The summed E-state index contributed by atoms with van der Waals surface area (Å²) in [6.07, 6.45) is 0.678. The fourth-order valence-corrected chi connectivity index (χ4v) is 2.69. The predicted octanol–water partition coefficient (Wildman–Crippen LogP) is 3.06. The highest BCUT2D eigenvalue weighted by Gasteiger charge is 2.22.